The van der Waals surface area contributed by atoms with Crippen LogP contribution in [-0.4, -0.2) is 0 Å². The molecule has 2 nitrogen and oxygen atoms in total. The lowest BCUT2D eigenvalue weighted by atomic mass is 9.84. The molecule has 3 aromatic rings. The van der Waals surface area contributed by atoms with Gasteiger partial charge in [0, 0.05) is 40.8 Å². The summed E-state index contributed by atoms with van der Waals surface area (Å²) in [6.45, 7) is 4.62. The van der Waals surface area contributed by atoms with Gasteiger partial charge in [-0.3, -0.25) is 0 Å². The molecule has 1 aliphatic rings. The molecule has 2 heteroatoms. The smallest absolute Gasteiger partial charge is 0.207 e. The highest BCUT2D eigenvalue weighted by Crippen LogP contribution is 2.47. The number of benzene rings is 1. The minimum Gasteiger partial charge on any atom is -0.207 e. The number of aryl methyl sites for hydroxylation is 1. The molecule has 0 fully saturated rings. The van der Waals surface area contributed by atoms with Crippen LogP contribution in [0.5, 0.6) is 0 Å². The summed E-state index contributed by atoms with van der Waals surface area (Å²) in [5.41, 5.74) is 6.73. The van der Waals surface area contributed by atoms with Crippen LogP contribution in [0.2, 0.25) is 0 Å². The van der Waals surface area contributed by atoms with Crippen LogP contribution < -0.4 is 9.13 Å². The first kappa shape index (κ1) is 13.2. The van der Waals surface area contributed by atoms with Gasteiger partial charge in [-0.1, -0.05) is 32.0 Å². The van der Waals surface area contributed by atoms with Gasteiger partial charge >= 0.3 is 0 Å². The third kappa shape index (κ3) is 1.80. The van der Waals surface area contributed by atoms with Crippen molar-refractivity contribution in [3.8, 4) is 16.8 Å². The lowest BCUT2D eigenvalue weighted by Gasteiger charge is -2.18. The van der Waals surface area contributed by atoms with Crippen molar-refractivity contribution in [1.82, 2.24) is 0 Å². The van der Waals surface area contributed by atoms with E-state index in [0.717, 1.165) is 0 Å². The largest absolute Gasteiger partial charge is 0.210 e. The zero-order valence-electron chi connectivity index (χ0n) is 13.2. The van der Waals surface area contributed by atoms with E-state index in [2.05, 4.69) is 97.3 Å². The number of hydrogen-bond acceptors (Lipinski definition) is 0. The predicted octanol–water partition coefficient (Wildman–Crippen LogP) is 3.09. The molecule has 4 rings (SSSR count). The maximum atomic E-state index is 2.31. The second-order valence-electron chi connectivity index (χ2n) is 6.58. The van der Waals surface area contributed by atoms with Crippen molar-refractivity contribution in [2.75, 3.05) is 0 Å². The molecule has 0 atom stereocenters. The number of nitrogens with zero attached hydrogens (tertiary/aromatic N) is 2. The molecular formula is C20H20N2+2. The van der Waals surface area contributed by atoms with Crippen molar-refractivity contribution in [2.45, 2.75) is 19.3 Å². The summed E-state index contributed by atoms with van der Waals surface area (Å²) in [5.74, 6) is 0. The predicted molar refractivity (Wildman–Crippen MR) is 86.7 cm³/mol. The zero-order valence-corrected chi connectivity index (χ0v) is 13.2. The Morgan fingerprint density at radius 3 is 2.14 bits per heavy atom. The maximum absolute atomic E-state index is 2.31. The number of fused-ring (bicyclic) bond motifs is 3. The molecule has 0 saturated carbocycles. The van der Waals surface area contributed by atoms with Gasteiger partial charge in [-0.15, -0.1) is 0 Å². The van der Waals surface area contributed by atoms with E-state index in [1.54, 1.807) is 0 Å². The molecule has 0 unspecified atom stereocenters. The Balaban J connectivity index is 1.93. The van der Waals surface area contributed by atoms with Crippen molar-refractivity contribution >= 4 is 0 Å². The summed E-state index contributed by atoms with van der Waals surface area (Å²) < 4.78 is 4.35. The first-order valence-electron chi connectivity index (χ1n) is 7.69. The van der Waals surface area contributed by atoms with Crippen molar-refractivity contribution in [2.24, 2.45) is 7.05 Å². The van der Waals surface area contributed by atoms with Crippen LogP contribution in [0.25, 0.3) is 16.8 Å². The van der Waals surface area contributed by atoms with Gasteiger partial charge in [0.2, 0.25) is 5.69 Å². The highest BCUT2D eigenvalue weighted by Gasteiger charge is 2.39. The summed E-state index contributed by atoms with van der Waals surface area (Å²) >= 11 is 0. The van der Waals surface area contributed by atoms with Crippen molar-refractivity contribution in [3.05, 3.63) is 78.4 Å². The van der Waals surface area contributed by atoms with Gasteiger partial charge in [0.15, 0.2) is 24.8 Å². The van der Waals surface area contributed by atoms with Gasteiger partial charge in [-0.05, 0) is 11.1 Å². The van der Waals surface area contributed by atoms with E-state index in [1.165, 1.54) is 27.9 Å². The summed E-state index contributed by atoms with van der Waals surface area (Å²) in [6, 6.07) is 15.0. The third-order valence-corrected chi connectivity index (χ3v) is 4.75. The number of para-hydroxylation sites is 1. The summed E-state index contributed by atoms with van der Waals surface area (Å²) in [6.07, 6.45) is 8.82. The van der Waals surface area contributed by atoms with E-state index >= 15 is 0 Å². The number of hydrogen-bond donors (Lipinski definition) is 0. The second-order valence-corrected chi connectivity index (χ2v) is 6.58. The van der Waals surface area contributed by atoms with Crippen LogP contribution in [-0.2, 0) is 12.5 Å². The fourth-order valence-corrected chi connectivity index (χ4v) is 3.47. The average molecular weight is 288 g/mol. The van der Waals surface area contributed by atoms with E-state index in [4.69, 9.17) is 0 Å². The van der Waals surface area contributed by atoms with Crippen LogP contribution in [0.4, 0.5) is 0 Å². The van der Waals surface area contributed by atoms with Crippen molar-refractivity contribution in [1.29, 1.82) is 0 Å². The molecule has 1 aliphatic carbocycles. The lowest BCUT2D eigenvalue weighted by molar-refractivity contribution is -0.671. The molecule has 0 radical (unpaired) electrons. The topological polar surface area (TPSA) is 7.76 Å². The minimum atomic E-state index is 0.0292. The normalized spacial score (nSPS) is 14.5. The molecule has 2 heterocycles. The first-order valence-corrected chi connectivity index (χ1v) is 7.69. The van der Waals surface area contributed by atoms with Gasteiger partial charge in [0.25, 0.3) is 0 Å². The van der Waals surface area contributed by atoms with Gasteiger partial charge in [-0.2, -0.15) is 4.57 Å². The zero-order chi connectivity index (χ0) is 15.3. The fraction of sp³-hybridized carbons (Fsp3) is 0.200. The Bertz CT molecular complexity index is 864. The van der Waals surface area contributed by atoms with E-state index in [1.807, 2.05) is 0 Å². The van der Waals surface area contributed by atoms with Gasteiger partial charge < -0.3 is 0 Å². The molecule has 0 bridgehead atoms. The van der Waals surface area contributed by atoms with Gasteiger partial charge in [0.1, 0.15) is 7.05 Å². The molecule has 2 aromatic heterocycles. The van der Waals surface area contributed by atoms with E-state index < -0.39 is 0 Å². The van der Waals surface area contributed by atoms with Crippen LogP contribution in [0.3, 0.4) is 0 Å². The summed E-state index contributed by atoms with van der Waals surface area (Å²) in [5, 5.41) is 0. The summed E-state index contributed by atoms with van der Waals surface area (Å²) in [7, 11) is 2.09. The number of pyridine rings is 2. The molecule has 1 aromatic carbocycles. The molecule has 0 aliphatic heterocycles. The molecule has 0 saturated heterocycles. The molecule has 108 valence electrons. The molecule has 0 N–H and O–H groups in total. The Labute approximate surface area is 131 Å². The lowest BCUT2D eigenvalue weighted by Crippen LogP contribution is -2.33. The molecule has 0 spiro atoms. The molecule has 22 heavy (non-hydrogen) atoms. The van der Waals surface area contributed by atoms with E-state index in [0.29, 0.717) is 0 Å². The Morgan fingerprint density at radius 2 is 1.41 bits per heavy atom. The monoisotopic (exact) mass is 288 g/mol. The Morgan fingerprint density at radius 1 is 0.773 bits per heavy atom. The van der Waals surface area contributed by atoms with Crippen LogP contribution in [0.15, 0.2) is 67.3 Å². The summed E-state index contributed by atoms with van der Waals surface area (Å²) in [4.78, 5) is 0. The van der Waals surface area contributed by atoms with Gasteiger partial charge in [-0.25, -0.2) is 4.57 Å². The third-order valence-electron chi connectivity index (χ3n) is 4.75. The van der Waals surface area contributed by atoms with E-state index in [-0.39, 0.29) is 5.41 Å². The van der Waals surface area contributed by atoms with Crippen LogP contribution in [0, 0.1) is 0 Å². The quantitative estimate of drug-likeness (QED) is 0.608. The highest BCUT2D eigenvalue weighted by molar-refractivity contribution is 5.78. The van der Waals surface area contributed by atoms with Crippen LogP contribution >= 0.6 is 0 Å². The Hall–Kier alpha value is -2.48. The minimum absolute atomic E-state index is 0.0292. The van der Waals surface area contributed by atoms with Crippen molar-refractivity contribution in [3.63, 3.8) is 0 Å². The molecule has 0 amide bonds. The van der Waals surface area contributed by atoms with Gasteiger partial charge in [0.05, 0.1) is 0 Å². The average Bonchev–Trinajstić information content (AvgIpc) is 2.76. The van der Waals surface area contributed by atoms with Crippen molar-refractivity contribution < 1.29 is 9.13 Å². The van der Waals surface area contributed by atoms with E-state index in [9.17, 15) is 0 Å². The first-order chi connectivity index (χ1) is 10.6. The highest BCUT2D eigenvalue weighted by atomic mass is 14.9. The second kappa shape index (κ2) is 4.51. The Kier molecular flexibility index (Phi) is 2.70. The SMILES string of the molecule is C[n+]1ccc2c(c1)C(C)(C)c1c[n+](-c3ccccc3)ccc1-2. The standard InChI is InChI=1S/C20H20N2/c1-20(2)18-13-21(3)11-9-16(18)17-10-12-22(14-19(17)20)15-7-5-4-6-8-15/h4-14H,1-3H3/q+2. The number of rotatable bonds is 1. The maximum Gasteiger partial charge on any atom is 0.210 e. The van der Waals surface area contributed by atoms with Crippen LogP contribution in [0.1, 0.15) is 25.0 Å². The molecular weight excluding hydrogens is 268 g/mol. The number of aromatic nitrogens is 2. The fourth-order valence-electron chi connectivity index (χ4n) is 3.47.